The molecule has 0 aliphatic heterocycles. The van der Waals surface area contributed by atoms with Gasteiger partial charge in [0.05, 0.1) is 6.10 Å². The summed E-state index contributed by atoms with van der Waals surface area (Å²) in [6, 6.07) is 7.29. The van der Waals surface area contributed by atoms with Crippen molar-refractivity contribution in [3.05, 3.63) is 34.9 Å². The van der Waals surface area contributed by atoms with Gasteiger partial charge < -0.3 is 10.4 Å². The Balaban J connectivity index is 2.31. The van der Waals surface area contributed by atoms with Crippen molar-refractivity contribution in [3.8, 4) is 0 Å². The van der Waals surface area contributed by atoms with Crippen LogP contribution in [0.5, 0.6) is 0 Å². The summed E-state index contributed by atoms with van der Waals surface area (Å²) in [5, 5.41) is 13.4. The first kappa shape index (κ1) is 15.0. The molecule has 2 N–H and O–H groups in total. The predicted octanol–water partition coefficient (Wildman–Crippen LogP) is 3.07. The number of rotatable bonds is 6. The maximum absolute atomic E-state index is 11.4. The van der Waals surface area contributed by atoms with Crippen LogP contribution >= 0.6 is 11.6 Å². The zero-order chi connectivity index (χ0) is 13.5. The number of carbonyl (C=O) groups is 1. The first-order valence-corrected chi connectivity index (χ1v) is 6.59. The Labute approximate surface area is 113 Å². The number of aliphatic hydroxyl groups is 1. The van der Waals surface area contributed by atoms with Gasteiger partial charge in [-0.05, 0) is 44.4 Å². The first-order valence-electron chi connectivity index (χ1n) is 6.22. The Morgan fingerprint density at radius 2 is 1.94 bits per heavy atom. The second kappa shape index (κ2) is 7.39. The van der Waals surface area contributed by atoms with Gasteiger partial charge in [0.25, 0.3) is 0 Å². The highest BCUT2D eigenvalue weighted by atomic mass is 35.5. The minimum absolute atomic E-state index is 0.0355. The van der Waals surface area contributed by atoms with E-state index in [4.69, 9.17) is 11.6 Å². The molecule has 0 saturated carbocycles. The standard InChI is InChI=1S/C14H20ClNO2/c1-10(2)16-14(18)5-3-4-13(17)11-6-8-12(15)9-7-11/h6-10,13,17H,3-5H2,1-2H3,(H,16,18). The molecule has 1 unspecified atom stereocenters. The largest absolute Gasteiger partial charge is 0.388 e. The lowest BCUT2D eigenvalue weighted by molar-refractivity contribution is -0.121. The van der Waals surface area contributed by atoms with Gasteiger partial charge in [-0.15, -0.1) is 0 Å². The van der Waals surface area contributed by atoms with Gasteiger partial charge in [-0.3, -0.25) is 4.79 Å². The summed E-state index contributed by atoms with van der Waals surface area (Å²) in [5.74, 6) is 0.0355. The normalized spacial score (nSPS) is 12.5. The van der Waals surface area contributed by atoms with Crippen LogP contribution in [0.25, 0.3) is 0 Å². The maximum atomic E-state index is 11.4. The Hall–Kier alpha value is -1.06. The fourth-order valence-electron chi connectivity index (χ4n) is 1.70. The smallest absolute Gasteiger partial charge is 0.220 e. The van der Waals surface area contributed by atoms with Gasteiger partial charge in [-0.25, -0.2) is 0 Å². The molecule has 1 amide bonds. The molecule has 1 rings (SSSR count). The van der Waals surface area contributed by atoms with E-state index < -0.39 is 6.10 Å². The molecule has 18 heavy (non-hydrogen) atoms. The number of amides is 1. The van der Waals surface area contributed by atoms with Gasteiger partial charge in [-0.1, -0.05) is 23.7 Å². The molecular weight excluding hydrogens is 250 g/mol. The van der Waals surface area contributed by atoms with Gasteiger partial charge in [0.15, 0.2) is 0 Å². The fourth-order valence-corrected chi connectivity index (χ4v) is 1.83. The van der Waals surface area contributed by atoms with Crippen molar-refractivity contribution in [2.24, 2.45) is 0 Å². The number of hydrogen-bond acceptors (Lipinski definition) is 2. The monoisotopic (exact) mass is 269 g/mol. The van der Waals surface area contributed by atoms with Crippen molar-refractivity contribution in [1.29, 1.82) is 0 Å². The summed E-state index contributed by atoms with van der Waals surface area (Å²) >= 11 is 5.78. The molecule has 0 spiro atoms. The van der Waals surface area contributed by atoms with E-state index in [0.29, 0.717) is 24.3 Å². The minimum Gasteiger partial charge on any atom is -0.388 e. The number of hydrogen-bond donors (Lipinski definition) is 2. The van der Waals surface area contributed by atoms with Crippen molar-refractivity contribution in [2.45, 2.75) is 45.3 Å². The molecule has 0 saturated heterocycles. The number of nitrogens with one attached hydrogen (secondary N) is 1. The lowest BCUT2D eigenvalue weighted by Crippen LogP contribution is -2.29. The van der Waals surface area contributed by atoms with E-state index in [1.165, 1.54) is 0 Å². The van der Waals surface area contributed by atoms with Crippen LogP contribution in [0.1, 0.15) is 44.8 Å². The lowest BCUT2D eigenvalue weighted by Gasteiger charge is -2.12. The zero-order valence-electron chi connectivity index (χ0n) is 10.8. The fraction of sp³-hybridized carbons (Fsp3) is 0.500. The van der Waals surface area contributed by atoms with Crippen molar-refractivity contribution in [3.63, 3.8) is 0 Å². The molecule has 0 aliphatic rings. The van der Waals surface area contributed by atoms with Crippen LogP contribution in [0.4, 0.5) is 0 Å². The van der Waals surface area contributed by atoms with Crippen LogP contribution in [0.3, 0.4) is 0 Å². The van der Waals surface area contributed by atoms with Gasteiger partial charge in [0, 0.05) is 17.5 Å². The topological polar surface area (TPSA) is 49.3 Å². The molecule has 0 radical (unpaired) electrons. The third kappa shape index (κ3) is 5.52. The van der Waals surface area contributed by atoms with E-state index in [1.807, 2.05) is 13.8 Å². The van der Waals surface area contributed by atoms with E-state index in [-0.39, 0.29) is 11.9 Å². The summed E-state index contributed by atoms with van der Waals surface area (Å²) in [5.41, 5.74) is 0.837. The average molecular weight is 270 g/mol. The SMILES string of the molecule is CC(C)NC(=O)CCCC(O)c1ccc(Cl)cc1. The molecule has 0 heterocycles. The van der Waals surface area contributed by atoms with Gasteiger partial charge in [0.1, 0.15) is 0 Å². The third-order valence-electron chi connectivity index (χ3n) is 2.59. The molecule has 100 valence electrons. The minimum atomic E-state index is -0.533. The van der Waals surface area contributed by atoms with Gasteiger partial charge in [-0.2, -0.15) is 0 Å². The van der Waals surface area contributed by atoms with Crippen LogP contribution in [0.15, 0.2) is 24.3 Å². The van der Waals surface area contributed by atoms with E-state index in [9.17, 15) is 9.90 Å². The molecule has 0 aromatic heterocycles. The zero-order valence-corrected chi connectivity index (χ0v) is 11.6. The van der Waals surface area contributed by atoms with Crippen LogP contribution in [0, 0.1) is 0 Å². The molecule has 3 nitrogen and oxygen atoms in total. The van der Waals surface area contributed by atoms with E-state index >= 15 is 0 Å². The second-order valence-electron chi connectivity index (χ2n) is 4.68. The van der Waals surface area contributed by atoms with Crippen LogP contribution in [-0.4, -0.2) is 17.1 Å². The van der Waals surface area contributed by atoms with Crippen molar-refractivity contribution in [2.75, 3.05) is 0 Å². The number of carbonyl (C=O) groups excluding carboxylic acids is 1. The maximum Gasteiger partial charge on any atom is 0.220 e. The average Bonchev–Trinajstić information content (AvgIpc) is 2.28. The van der Waals surface area contributed by atoms with Crippen LogP contribution < -0.4 is 5.32 Å². The second-order valence-corrected chi connectivity index (χ2v) is 5.12. The molecule has 1 aromatic carbocycles. The molecule has 0 bridgehead atoms. The quantitative estimate of drug-likeness (QED) is 0.834. The molecule has 0 fully saturated rings. The summed E-state index contributed by atoms with van der Waals surface area (Å²) in [7, 11) is 0. The van der Waals surface area contributed by atoms with Crippen LogP contribution in [0.2, 0.25) is 5.02 Å². The highest BCUT2D eigenvalue weighted by Gasteiger charge is 2.09. The Morgan fingerprint density at radius 3 is 2.50 bits per heavy atom. The molecule has 1 aromatic rings. The van der Waals surface area contributed by atoms with Crippen LogP contribution in [-0.2, 0) is 4.79 Å². The highest BCUT2D eigenvalue weighted by Crippen LogP contribution is 2.20. The number of halogens is 1. The Kier molecular flexibility index (Phi) is 6.16. The van der Waals surface area contributed by atoms with E-state index in [2.05, 4.69) is 5.32 Å². The molecule has 4 heteroatoms. The Morgan fingerprint density at radius 1 is 1.33 bits per heavy atom. The Bertz CT molecular complexity index is 376. The number of aliphatic hydroxyl groups excluding tert-OH is 1. The molecule has 1 atom stereocenters. The number of benzene rings is 1. The van der Waals surface area contributed by atoms with Crippen molar-refractivity contribution in [1.82, 2.24) is 5.32 Å². The van der Waals surface area contributed by atoms with E-state index in [1.54, 1.807) is 24.3 Å². The summed E-state index contributed by atoms with van der Waals surface area (Å²) in [6.45, 7) is 3.86. The molecular formula is C14H20ClNO2. The van der Waals surface area contributed by atoms with E-state index in [0.717, 1.165) is 5.56 Å². The third-order valence-corrected chi connectivity index (χ3v) is 2.84. The first-order chi connectivity index (χ1) is 8.49. The van der Waals surface area contributed by atoms with Gasteiger partial charge >= 0.3 is 0 Å². The summed E-state index contributed by atoms with van der Waals surface area (Å²) < 4.78 is 0. The highest BCUT2D eigenvalue weighted by molar-refractivity contribution is 6.30. The predicted molar refractivity (Wildman–Crippen MR) is 73.5 cm³/mol. The van der Waals surface area contributed by atoms with Crippen molar-refractivity contribution >= 4 is 17.5 Å². The lowest BCUT2D eigenvalue weighted by atomic mass is 10.0. The summed E-state index contributed by atoms with van der Waals surface area (Å²) in [4.78, 5) is 11.4. The van der Waals surface area contributed by atoms with Gasteiger partial charge in [0.2, 0.25) is 5.91 Å². The molecule has 0 aliphatic carbocycles. The summed E-state index contributed by atoms with van der Waals surface area (Å²) in [6.07, 6.45) is 1.16. The van der Waals surface area contributed by atoms with Crippen molar-refractivity contribution < 1.29 is 9.90 Å².